The summed E-state index contributed by atoms with van der Waals surface area (Å²) in [5, 5.41) is 5.93. The Morgan fingerprint density at radius 3 is 2.37 bits per heavy atom. The van der Waals surface area contributed by atoms with Crippen LogP contribution >= 0.6 is 11.6 Å². The minimum absolute atomic E-state index is 0.331. The molecule has 0 spiro atoms. The lowest BCUT2D eigenvalue weighted by atomic mass is 9.92. The van der Waals surface area contributed by atoms with Gasteiger partial charge in [0.15, 0.2) is 0 Å². The molecule has 4 amide bonds. The molecular weight excluding hydrogens is 366 g/mol. The highest BCUT2D eigenvalue weighted by Crippen LogP contribution is 2.29. The minimum Gasteiger partial charge on any atom is -0.350 e. The van der Waals surface area contributed by atoms with Crippen molar-refractivity contribution in [1.29, 1.82) is 0 Å². The molecule has 1 fully saturated rings. The quantitative estimate of drug-likeness (QED) is 0.777. The van der Waals surface area contributed by atoms with Gasteiger partial charge < -0.3 is 10.6 Å². The molecule has 27 heavy (non-hydrogen) atoms. The van der Waals surface area contributed by atoms with Crippen molar-refractivity contribution in [3.63, 3.8) is 0 Å². The van der Waals surface area contributed by atoms with E-state index in [0.29, 0.717) is 17.1 Å². The molecule has 0 radical (unpaired) electrons. The highest BCUT2D eigenvalue weighted by Gasteiger charge is 2.49. The van der Waals surface area contributed by atoms with Crippen molar-refractivity contribution in [1.82, 2.24) is 15.5 Å². The Morgan fingerprint density at radius 1 is 1.11 bits per heavy atom. The van der Waals surface area contributed by atoms with Crippen molar-refractivity contribution < 1.29 is 14.4 Å². The van der Waals surface area contributed by atoms with E-state index in [2.05, 4.69) is 10.6 Å². The van der Waals surface area contributed by atoms with Crippen LogP contribution in [-0.4, -0.2) is 29.3 Å². The van der Waals surface area contributed by atoms with Crippen molar-refractivity contribution in [2.45, 2.75) is 25.9 Å². The number of urea groups is 1. The van der Waals surface area contributed by atoms with E-state index < -0.39 is 23.4 Å². The highest BCUT2D eigenvalue weighted by molar-refractivity contribution is 6.30. The van der Waals surface area contributed by atoms with E-state index >= 15 is 0 Å². The largest absolute Gasteiger partial charge is 0.350 e. The molecule has 0 aliphatic carbocycles. The maximum Gasteiger partial charge on any atom is 0.325 e. The van der Waals surface area contributed by atoms with Crippen molar-refractivity contribution in [3.05, 3.63) is 70.2 Å². The molecule has 6 nitrogen and oxygen atoms in total. The number of hydrogen-bond donors (Lipinski definition) is 2. The monoisotopic (exact) mass is 385 g/mol. The summed E-state index contributed by atoms with van der Waals surface area (Å²) in [4.78, 5) is 38.2. The van der Waals surface area contributed by atoms with Gasteiger partial charge in [0, 0.05) is 11.6 Å². The second kappa shape index (κ2) is 7.40. The van der Waals surface area contributed by atoms with E-state index in [1.54, 1.807) is 31.2 Å². The average molecular weight is 386 g/mol. The summed E-state index contributed by atoms with van der Waals surface area (Å²) in [6.07, 6.45) is 0. The number of nitrogens with one attached hydrogen (secondary N) is 2. The van der Waals surface area contributed by atoms with Gasteiger partial charge >= 0.3 is 6.03 Å². The number of benzene rings is 2. The Balaban J connectivity index is 1.65. The van der Waals surface area contributed by atoms with Crippen LogP contribution in [0.2, 0.25) is 5.02 Å². The molecule has 0 saturated carbocycles. The van der Waals surface area contributed by atoms with Gasteiger partial charge in [-0.1, -0.05) is 53.6 Å². The van der Waals surface area contributed by atoms with Gasteiger partial charge in [-0.05, 0) is 37.1 Å². The number of imide groups is 1. The van der Waals surface area contributed by atoms with Gasteiger partial charge in [0.05, 0.1) is 0 Å². The molecule has 1 aliphatic heterocycles. The molecule has 0 bridgehead atoms. The first-order chi connectivity index (χ1) is 12.8. The van der Waals surface area contributed by atoms with Crippen LogP contribution in [0.4, 0.5) is 4.79 Å². The smallest absolute Gasteiger partial charge is 0.325 e. The third-order valence-corrected chi connectivity index (χ3v) is 4.86. The lowest BCUT2D eigenvalue weighted by molar-refractivity contribution is -0.134. The van der Waals surface area contributed by atoms with Crippen LogP contribution < -0.4 is 10.6 Å². The molecule has 2 aromatic carbocycles. The minimum atomic E-state index is -1.22. The van der Waals surface area contributed by atoms with E-state index in [0.717, 1.165) is 16.0 Å². The van der Waals surface area contributed by atoms with Gasteiger partial charge in [-0.15, -0.1) is 0 Å². The van der Waals surface area contributed by atoms with E-state index in [4.69, 9.17) is 11.6 Å². The molecule has 0 unspecified atom stereocenters. The summed E-state index contributed by atoms with van der Waals surface area (Å²) in [6, 6.07) is 13.8. The Kier molecular flexibility index (Phi) is 5.19. The van der Waals surface area contributed by atoms with E-state index in [1.807, 2.05) is 31.2 Å². The van der Waals surface area contributed by atoms with Crippen LogP contribution in [0.5, 0.6) is 0 Å². The van der Waals surface area contributed by atoms with E-state index in [1.165, 1.54) is 0 Å². The Labute approximate surface area is 162 Å². The highest BCUT2D eigenvalue weighted by atomic mass is 35.5. The van der Waals surface area contributed by atoms with E-state index in [9.17, 15) is 14.4 Å². The number of carbonyl (C=O) groups excluding carboxylic acids is 3. The van der Waals surface area contributed by atoms with Gasteiger partial charge in [0.1, 0.15) is 12.1 Å². The number of amides is 4. The number of halogens is 1. The second-order valence-electron chi connectivity index (χ2n) is 6.72. The SMILES string of the molecule is Cc1ccc(CNC(=O)CN2C(=O)N[C@@](C)(c3ccc(Cl)cc3)C2=O)cc1. The molecule has 140 valence electrons. The second-order valence-corrected chi connectivity index (χ2v) is 7.15. The predicted molar refractivity (Wildman–Crippen MR) is 102 cm³/mol. The molecule has 2 aromatic rings. The summed E-state index contributed by atoms with van der Waals surface area (Å²) in [5.74, 6) is -0.875. The molecule has 2 N–H and O–H groups in total. The normalized spacial score (nSPS) is 19.1. The standard InChI is InChI=1S/C20H20ClN3O3/c1-13-3-5-14(6-4-13)11-22-17(25)12-24-18(26)20(2,23-19(24)27)15-7-9-16(21)10-8-15/h3-10H,11-12H2,1-2H3,(H,22,25)(H,23,27)/t20-/m0/s1. The first-order valence-corrected chi connectivity index (χ1v) is 8.90. The zero-order chi connectivity index (χ0) is 19.6. The first-order valence-electron chi connectivity index (χ1n) is 8.52. The summed E-state index contributed by atoms with van der Waals surface area (Å²) in [7, 11) is 0. The molecule has 0 aromatic heterocycles. The van der Waals surface area contributed by atoms with Crippen LogP contribution in [0.3, 0.4) is 0 Å². The lowest BCUT2D eigenvalue weighted by Crippen LogP contribution is -2.43. The molecular formula is C20H20ClN3O3. The van der Waals surface area contributed by atoms with Gasteiger partial charge in [-0.3, -0.25) is 14.5 Å². The van der Waals surface area contributed by atoms with Crippen LogP contribution in [0.25, 0.3) is 0 Å². The molecule has 1 aliphatic rings. The third-order valence-electron chi connectivity index (χ3n) is 4.61. The van der Waals surface area contributed by atoms with Gasteiger partial charge in [0.25, 0.3) is 5.91 Å². The van der Waals surface area contributed by atoms with Crippen molar-refractivity contribution in [2.75, 3.05) is 6.54 Å². The number of hydrogen-bond acceptors (Lipinski definition) is 3. The fourth-order valence-corrected chi connectivity index (χ4v) is 3.05. The van der Waals surface area contributed by atoms with Gasteiger partial charge in [-0.25, -0.2) is 4.79 Å². The van der Waals surface area contributed by atoms with Crippen LogP contribution in [-0.2, 0) is 21.7 Å². The number of rotatable bonds is 5. The van der Waals surface area contributed by atoms with Gasteiger partial charge in [-0.2, -0.15) is 0 Å². The van der Waals surface area contributed by atoms with Crippen LogP contribution in [0.15, 0.2) is 48.5 Å². The van der Waals surface area contributed by atoms with Crippen LogP contribution in [0, 0.1) is 6.92 Å². The summed E-state index contributed by atoms with van der Waals surface area (Å²) in [5.41, 5.74) is 1.45. The topological polar surface area (TPSA) is 78.5 Å². The molecule has 1 heterocycles. The fourth-order valence-electron chi connectivity index (χ4n) is 2.93. The summed E-state index contributed by atoms with van der Waals surface area (Å²) >= 11 is 5.88. The number of nitrogens with zero attached hydrogens (tertiary/aromatic N) is 1. The number of carbonyl (C=O) groups is 3. The van der Waals surface area contributed by atoms with Crippen molar-refractivity contribution in [2.24, 2.45) is 0 Å². The Hall–Kier alpha value is -2.86. The zero-order valence-corrected chi connectivity index (χ0v) is 15.8. The molecule has 1 saturated heterocycles. The molecule has 1 atom stereocenters. The fraction of sp³-hybridized carbons (Fsp3) is 0.250. The maximum absolute atomic E-state index is 12.8. The predicted octanol–water partition coefficient (Wildman–Crippen LogP) is 2.73. The summed E-state index contributed by atoms with van der Waals surface area (Å²) in [6.45, 7) is 3.59. The lowest BCUT2D eigenvalue weighted by Gasteiger charge is -2.22. The first kappa shape index (κ1) is 18.9. The summed E-state index contributed by atoms with van der Waals surface area (Å²) < 4.78 is 0. The molecule has 7 heteroatoms. The number of aryl methyl sites for hydroxylation is 1. The maximum atomic E-state index is 12.8. The van der Waals surface area contributed by atoms with Crippen LogP contribution in [0.1, 0.15) is 23.6 Å². The van der Waals surface area contributed by atoms with Crippen molar-refractivity contribution >= 4 is 29.4 Å². The average Bonchev–Trinajstić information content (AvgIpc) is 2.86. The molecule has 3 rings (SSSR count). The van der Waals surface area contributed by atoms with Crippen molar-refractivity contribution in [3.8, 4) is 0 Å². The Morgan fingerprint density at radius 2 is 1.74 bits per heavy atom. The third kappa shape index (κ3) is 3.95. The zero-order valence-electron chi connectivity index (χ0n) is 15.1. The Bertz CT molecular complexity index is 880. The van der Waals surface area contributed by atoms with E-state index in [-0.39, 0.29) is 6.54 Å². The van der Waals surface area contributed by atoms with Gasteiger partial charge in [0.2, 0.25) is 5.91 Å².